The van der Waals surface area contributed by atoms with Crippen LogP contribution < -0.4 is 0 Å². The third-order valence-electron chi connectivity index (χ3n) is 4.60. The van der Waals surface area contributed by atoms with Crippen molar-refractivity contribution in [2.45, 2.75) is 31.7 Å². The Morgan fingerprint density at radius 1 is 1.33 bits per heavy atom. The molecule has 0 radical (unpaired) electrons. The number of amides is 1. The molecule has 24 heavy (non-hydrogen) atoms. The lowest BCUT2D eigenvalue weighted by atomic mass is 9.96. The third-order valence-corrected chi connectivity index (χ3v) is 5.22. The van der Waals surface area contributed by atoms with Gasteiger partial charge in [0.05, 0.1) is 0 Å². The largest absolute Gasteiger partial charge is 0.342 e. The summed E-state index contributed by atoms with van der Waals surface area (Å²) in [4.78, 5) is 19.0. The normalized spacial score (nSPS) is 17.9. The van der Waals surface area contributed by atoms with E-state index in [0.29, 0.717) is 12.3 Å². The molecule has 1 aromatic heterocycles. The summed E-state index contributed by atoms with van der Waals surface area (Å²) in [7, 11) is 0. The van der Waals surface area contributed by atoms with Crippen LogP contribution in [0.25, 0.3) is 0 Å². The minimum Gasteiger partial charge on any atom is -0.342 e. The zero-order valence-electron chi connectivity index (χ0n) is 14.2. The van der Waals surface area contributed by atoms with Gasteiger partial charge in [0.1, 0.15) is 5.82 Å². The number of benzene rings is 1. The van der Waals surface area contributed by atoms with Gasteiger partial charge in [-0.15, -0.1) is 0 Å². The monoisotopic (exact) mass is 343 g/mol. The fourth-order valence-electron chi connectivity index (χ4n) is 3.36. The van der Waals surface area contributed by atoms with Crippen LogP contribution in [0.5, 0.6) is 0 Å². The van der Waals surface area contributed by atoms with E-state index in [-0.39, 0.29) is 5.91 Å². The zero-order chi connectivity index (χ0) is 16.8. The molecule has 1 aliphatic rings. The van der Waals surface area contributed by atoms with Gasteiger partial charge in [-0.3, -0.25) is 4.79 Å². The summed E-state index contributed by atoms with van der Waals surface area (Å²) in [5.41, 5.74) is 1.28. The summed E-state index contributed by atoms with van der Waals surface area (Å²) in [5.74, 6) is 2.65. The molecule has 1 fully saturated rings. The van der Waals surface area contributed by atoms with Gasteiger partial charge in [0.15, 0.2) is 0 Å². The van der Waals surface area contributed by atoms with Gasteiger partial charge < -0.3 is 9.47 Å². The maximum Gasteiger partial charge on any atom is 0.223 e. The molecule has 1 saturated heterocycles. The van der Waals surface area contributed by atoms with Crippen LogP contribution in [0.2, 0.25) is 0 Å². The van der Waals surface area contributed by atoms with E-state index in [4.69, 9.17) is 0 Å². The molecule has 2 heterocycles. The summed E-state index contributed by atoms with van der Waals surface area (Å²) in [6, 6.07) is 10.5. The smallest absolute Gasteiger partial charge is 0.223 e. The van der Waals surface area contributed by atoms with Crippen LogP contribution in [0, 0.1) is 0 Å². The summed E-state index contributed by atoms with van der Waals surface area (Å²) < 4.78 is 2.23. The quantitative estimate of drug-likeness (QED) is 0.807. The van der Waals surface area contributed by atoms with Crippen molar-refractivity contribution in [3.63, 3.8) is 0 Å². The molecule has 0 N–H and O–H groups in total. The molecule has 1 aliphatic heterocycles. The second kappa shape index (κ2) is 8.38. The Morgan fingerprint density at radius 3 is 2.96 bits per heavy atom. The average molecular weight is 343 g/mol. The van der Waals surface area contributed by atoms with Crippen molar-refractivity contribution in [2.24, 2.45) is 0 Å². The number of hydrogen-bond acceptors (Lipinski definition) is 3. The topological polar surface area (TPSA) is 38.1 Å². The van der Waals surface area contributed by atoms with E-state index in [9.17, 15) is 4.79 Å². The lowest BCUT2D eigenvalue weighted by Crippen LogP contribution is -2.39. The summed E-state index contributed by atoms with van der Waals surface area (Å²) in [5, 5.41) is 0. The first-order valence-corrected chi connectivity index (χ1v) is 9.99. The Hall–Kier alpha value is -1.75. The van der Waals surface area contributed by atoms with Crippen molar-refractivity contribution in [2.75, 3.05) is 25.1 Å². The van der Waals surface area contributed by atoms with Crippen molar-refractivity contribution in [3.05, 3.63) is 54.1 Å². The standard InChI is InChI=1S/C19H25N3OS/c1-24-13-9-18(23)21-11-5-8-17(15-21)19-20-10-12-22(19)14-16-6-3-2-4-7-16/h2-4,6-7,10,12,17H,5,8-9,11,13-15H2,1H3. The molecule has 0 bridgehead atoms. The third kappa shape index (κ3) is 4.20. The Bertz CT molecular complexity index is 656. The maximum absolute atomic E-state index is 12.3. The fourth-order valence-corrected chi connectivity index (χ4v) is 3.74. The van der Waals surface area contributed by atoms with Crippen molar-refractivity contribution in [1.82, 2.24) is 14.5 Å². The predicted molar refractivity (Wildman–Crippen MR) is 99.3 cm³/mol. The van der Waals surface area contributed by atoms with Crippen LogP contribution in [0.3, 0.4) is 0 Å². The molecule has 5 heteroatoms. The van der Waals surface area contributed by atoms with Crippen molar-refractivity contribution in [3.8, 4) is 0 Å². The number of hydrogen-bond donors (Lipinski definition) is 0. The predicted octanol–water partition coefficient (Wildman–Crippen LogP) is 3.39. The van der Waals surface area contributed by atoms with Crippen LogP contribution in [-0.4, -0.2) is 45.5 Å². The van der Waals surface area contributed by atoms with Crippen LogP contribution in [-0.2, 0) is 11.3 Å². The van der Waals surface area contributed by atoms with Gasteiger partial charge in [-0.1, -0.05) is 30.3 Å². The molecule has 0 saturated carbocycles. The summed E-state index contributed by atoms with van der Waals surface area (Å²) in [6.45, 7) is 2.54. The van der Waals surface area contributed by atoms with E-state index in [1.807, 2.05) is 23.4 Å². The Morgan fingerprint density at radius 2 is 2.17 bits per heavy atom. The van der Waals surface area contributed by atoms with Crippen molar-refractivity contribution < 1.29 is 4.79 Å². The molecule has 1 aromatic carbocycles. The summed E-state index contributed by atoms with van der Waals surface area (Å²) >= 11 is 1.73. The number of rotatable bonds is 6. The molecule has 1 atom stereocenters. The molecule has 4 nitrogen and oxygen atoms in total. The average Bonchev–Trinajstić information content (AvgIpc) is 3.09. The van der Waals surface area contributed by atoms with E-state index >= 15 is 0 Å². The van der Waals surface area contributed by atoms with Crippen molar-refractivity contribution >= 4 is 17.7 Å². The van der Waals surface area contributed by atoms with Gasteiger partial charge in [0.25, 0.3) is 0 Å². The number of imidazole rings is 1. The zero-order valence-corrected chi connectivity index (χ0v) is 15.0. The Balaban J connectivity index is 1.68. The van der Waals surface area contributed by atoms with Crippen molar-refractivity contribution in [1.29, 1.82) is 0 Å². The number of carbonyl (C=O) groups is 1. The number of carbonyl (C=O) groups excluding carboxylic acids is 1. The number of piperidine rings is 1. The lowest BCUT2D eigenvalue weighted by molar-refractivity contribution is -0.132. The van der Waals surface area contributed by atoms with Gasteiger partial charge in [-0.2, -0.15) is 11.8 Å². The molecule has 1 amide bonds. The molecule has 3 rings (SSSR count). The Labute approximate surface area is 148 Å². The van der Waals surface area contributed by atoms with E-state index in [1.54, 1.807) is 11.8 Å². The second-order valence-corrected chi connectivity index (χ2v) is 7.31. The molecule has 2 aromatic rings. The van der Waals surface area contributed by atoms with Crippen LogP contribution >= 0.6 is 11.8 Å². The molecule has 0 spiro atoms. The van der Waals surface area contributed by atoms with Gasteiger partial charge in [-0.05, 0) is 24.7 Å². The molecule has 1 unspecified atom stereocenters. The lowest BCUT2D eigenvalue weighted by Gasteiger charge is -2.32. The Kier molecular flexibility index (Phi) is 5.96. The first kappa shape index (κ1) is 17.1. The van der Waals surface area contributed by atoms with E-state index in [2.05, 4.69) is 40.0 Å². The highest BCUT2D eigenvalue weighted by molar-refractivity contribution is 7.98. The van der Waals surface area contributed by atoms with E-state index < -0.39 is 0 Å². The molecular weight excluding hydrogens is 318 g/mol. The number of likely N-dealkylation sites (tertiary alicyclic amines) is 1. The SMILES string of the molecule is CSCCC(=O)N1CCCC(c2nccn2Cc2ccccc2)C1. The number of nitrogens with zero attached hydrogens (tertiary/aromatic N) is 3. The first-order chi connectivity index (χ1) is 11.8. The first-order valence-electron chi connectivity index (χ1n) is 8.59. The fraction of sp³-hybridized carbons (Fsp3) is 0.474. The molecule has 128 valence electrons. The maximum atomic E-state index is 12.3. The minimum atomic E-state index is 0.287. The highest BCUT2D eigenvalue weighted by atomic mass is 32.2. The second-order valence-electron chi connectivity index (χ2n) is 6.32. The van der Waals surface area contributed by atoms with Gasteiger partial charge in [0, 0.05) is 50.1 Å². The molecular formula is C19H25N3OS. The highest BCUT2D eigenvalue weighted by Crippen LogP contribution is 2.26. The van der Waals surface area contributed by atoms with E-state index in [0.717, 1.165) is 44.1 Å². The van der Waals surface area contributed by atoms with Gasteiger partial charge in [-0.25, -0.2) is 4.98 Å². The molecule has 0 aliphatic carbocycles. The number of thioether (sulfide) groups is 1. The highest BCUT2D eigenvalue weighted by Gasteiger charge is 2.27. The number of aromatic nitrogens is 2. The van der Waals surface area contributed by atoms with E-state index in [1.165, 1.54) is 5.56 Å². The van der Waals surface area contributed by atoms with Crippen LogP contribution in [0.4, 0.5) is 0 Å². The van der Waals surface area contributed by atoms with Gasteiger partial charge >= 0.3 is 0 Å². The minimum absolute atomic E-state index is 0.287. The van der Waals surface area contributed by atoms with Crippen LogP contribution in [0.1, 0.15) is 36.6 Å². The van der Waals surface area contributed by atoms with Crippen LogP contribution in [0.15, 0.2) is 42.7 Å². The summed E-state index contributed by atoms with van der Waals surface area (Å²) in [6.07, 6.45) is 8.80. The van der Waals surface area contributed by atoms with Gasteiger partial charge in [0.2, 0.25) is 5.91 Å².